The molecule has 212 valence electrons. The van der Waals surface area contributed by atoms with Gasteiger partial charge in [-0.25, -0.2) is 27.7 Å². The number of likely N-dealkylation sites (tertiary alicyclic amines) is 1. The summed E-state index contributed by atoms with van der Waals surface area (Å²) in [5, 5.41) is 9.90. The number of benzene rings is 2. The van der Waals surface area contributed by atoms with E-state index in [-0.39, 0.29) is 16.5 Å². The predicted octanol–water partition coefficient (Wildman–Crippen LogP) is 6.26. The Morgan fingerprint density at radius 3 is 2.35 bits per heavy atom. The second kappa shape index (κ2) is 10.5. The Kier molecular flexibility index (Phi) is 7.39. The molecular weight excluding hydrogens is 543 g/mol. The van der Waals surface area contributed by atoms with Crippen LogP contribution in [-0.4, -0.2) is 58.8 Å². The monoisotopic (exact) mass is 573 g/mol. The molecule has 3 aromatic rings. The molecule has 0 aliphatic carbocycles. The van der Waals surface area contributed by atoms with Crippen LogP contribution in [-0.2, 0) is 16.6 Å². The summed E-state index contributed by atoms with van der Waals surface area (Å²) < 4.78 is 48.1. The summed E-state index contributed by atoms with van der Waals surface area (Å²) >= 11 is 1.45. The number of nitrogens with zero attached hydrogens (tertiary/aromatic N) is 3. The molecule has 1 spiro atoms. The molecule has 2 aliphatic heterocycles. The third-order valence-electron chi connectivity index (χ3n) is 7.42. The molecular formula is C29H30F3N3O4S. The molecule has 1 aromatic heterocycles. The number of aromatic nitrogens is 1. The molecule has 1 N–H and O–H groups in total. The van der Waals surface area contributed by atoms with Crippen molar-refractivity contribution >= 4 is 29.1 Å². The SMILES string of the molecule is CC(C)(C)c1nc(-c2cc(F)c(F)cc2F)c(CCN2CCC3(CC2)CN(c2ccc(C(=O)O)cc2)C(=O)O3)s1. The lowest BCUT2D eigenvalue weighted by Crippen LogP contribution is -2.47. The van der Waals surface area contributed by atoms with Crippen molar-refractivity contribution in [2.45, 2.75) is 51.0 Å². The van der Waals surface area contributed by atoms with E-state index in [1.165, 1.54) is 28.4 Å². The number of anilines is 1. The van der Waals surface area contributed by atoms with Crippen molar-refractivity contribution < 1.29 is 32.6 Å². The van der Waals surface area contributed by atoms with Gasteiger partial charge in [0, 0.05) is 60.1 Å². The number of carboxylic acid groups (broad SMARTS) is 1. The normalized spacial score (nSPS) is 17.4. The summed E-state index contributed by atoms with van der Waals surface area (Å²) in [6.07, 6.45) is 1.36. The van der Waals surface area contributed by atoms with Crippen LogP contribution in [0.15, 0.2) is 36.4 Å². The van der Waals surface area contributed by atoms with Gasteiger partial charge in [-0.3, -0.25) is 4.90 Å². The highest BCUT2D eigenvalue weighted by atomic mass is 32.1. The first-order valence-electron chi connectivity index (χ1n) is 13.1. The maximum Gasteiger partial charge on any atom is 0.415 e. The fourth-order valence-corrected chi connectivity index (χ4v) is 6.19. The van der Waals surface area contributed by atoms with E-state index in [1.807, 2.05) is 20.8 Å². The van der Waals surface area contributed by atoms with E-state index in [9.17, 15) is 22.8 Å². The minimum absolute atomic E-state index is 0.0485. The number of hydrogen-bond acceptors (Lipinski definition) is 6. The largest absolute Gasteiger partial charge is 0.478 e. The summed E-state index contributed by atoms with van der Waals surface area (Å²) in [5.74, 6) is -4.24. The van der Waals surface area contributed by atoms with Crippen molar-refractivity contribution in [3.05, 3.63) is 69.3 Å². The molecule has 11 heteroatoms. The Bertz CT molecular complexity index is 1440. The standard InChI is InChI=1S/C29H30F3N3O4S/c1-28(2,3)26-33-24(19-14-21(31)22(32)15-20(19)30)23(40-26)8-11-34-12-9-29(10-13-34)16-35(27(38)39-29)18-6-4-17(5-7-18)25(36)37/h4-7,14-15H,8-13,16H2,1-3H3,(H,36,37). The number of thiazole rings is 1. The second-order valence-electron chi connectivity index (χ2n) is 11.4. The van der Waals surface area contributed by atoms with Crippen LogP contribution >= 0.6 is 11.3 Å². The Balaban J connectivity index is 1.26. The molecule has 1 amide bonds. The van der Waals surface area contributed by atoms with Gasteiger partial charge in [0.15, 0.2) is 11.6 Å². The van der Waals surface area contributed by atoms with E-state index >= 15 is 0 Å². The third-order valence-corrected chi connectivity index (χ3v) is 8.96. The van der Waals surface area contributed by atoms with Crippen LogP contribution in [0.5, 0.6) is 0 Å². The summed E-state index contributed by atoms with van der Waals surface area (Å²) in [6.45, 7) is 8.38. The number of ether oxygens (including phenoxy) is 1. The first kappa shape index (κ1) is 28.1. The van der Waals surface area contributed by atoms with Crippen molar-refractivity contribution in [3.63, 3.8) is 0 Å². The maximum absolute atomic E-state index is 14.7. The molecule has 2 saturated heterocycles. The van der Waals surface area contributed by atoms with E-state index in [0.29, 0.717) is 62.9 Å². The zero-order chi connectivity index (χ0) is 28.8. The highest BCUT2D eigenvalue weighted by molar-refractivity contribution is 7.12. The molecule has 2 aliphatic rings. The Hall–Kier alpha value is -3.44. The number of amides is 1. The number of carboxylic acids is 1. The quantitative estimate of drug-likeness (QED) is 0.351. The highest BCUT2D eigenvalue weighted by Crippen LogP contribution is 2.38. The molecule has 0 radical (unpaired) electrons. The highest BCUT2D eigenvalue weighted by Gasteiger charge is 2.47. The fraction of sp³-hybridized carbons (Fsp3) is 0.414. The Morgan fingerprint density at radius 2 is 1.73 bits per heavy atom. The summed E-state index contributed by atoms with van der Waals surface area (Å²) in [5.41, 5.74) is 0.109. The van der Waals surface area contributed by atoms with Gasteiger partial charge in [0.05, 0.1) is 22.8 Å². The molecule has 3 heterocycles. The van der Waals surface area contributed by atoms with Gasteiger partial charge < -0.3 is 14.7 Å². The van der Waals surface area contributed by atoms with Gasteiger partial charge in [-0.1, -0.05) is 20.8 Å². The van der Waals surface area contributed by atoms with Crippen LogP contribution in [0.3, 0.4) is 0 Å². The van der Waals surface area contributed by atoms with E-state index in [1.54, 1.807) is 12.1 Å². The van der Waals surface area contributed by atoms with Crippen molar-refractivity contribution in [3.8, 4) is 11.3 Å². The molecule has 7 nitrogen and oxygen atoms in total. The Labute approximate surface area is 234 Å². The molecule has 0 saturated carbocycles. The van der Waals surface area contributed by atoms with Crippen molar-refractivity contribution in [2.75, 3.05) is 31.1 Å². The first-order valence-corrected chi connectivity index (χ1v) is 13.9. The fourth-order valence-electron chi connectivity index (χ4n) is 5.07. The average Bonchev–Trinajstić information content (AvgIpc) is 3.47. The summed E-state index contributed by atoms with van der Waals surface area (Å²) in [4.78, 5) is 33.0. The van der Waals surface area contributed by atoms with E-state index in [0.717, 1.165) is 16.0 Å². The van der Waals surface area contributed by atoms with Gasteiger partial charge in [-0.15, -0.1) is 11.3 Å². The van der Waals surface area contributed by atoms with Gasteiger partial charge in [0.1, 0.15) is 11.4 Å². The minimum Gasteiger partial charge on any atom is -0.478 e. The average molecular weight is 574 g/mol. The number of halogens is 3. The number of hydrogen-bond donors (Lipinski definition) is 1. The van der Waals surface area contributed by atoms with Crippen molar-refractivity contribution in [1.82, 2.24) is 9.88 Å². The van der Waals surface area contributed by atoms with E-state index < -0.39 is 35.1 Å². The topological polar surface area (TPSA) is 83.0 Å². The molecule has 0 atom stereocenters. The summed E-state index contributed by atoms with van der Waals surface area (Å²) in [6, 6.07) is 7.56. The van der Waals surface area contributed by atoms with Crippen molar-refractivity contribution in [2.24, 2.45) is 0 Å². The molecule has 2 fully saturated rings. The molecule has 0 bridgehead atoms. The van der Waals surface area contributed by atoms with Gasteiger partial charge in [0.25, 0.3) is 0 Å². The molecule has 2 aromatic carbocycles. The Morgan fingerprint density at radius 1 is 1.07 bits per heavy atom. The van der Waals surface area contributed by atoms with Crippen LogP contribution in [0.2, 0.25) is 0 Å². The second-order valence-corrected chi connectivity index (χ2v) is 12.5. The van der Waals surface area contributed by atoms with E-state index in [4.69, 9.17) is 9.84 Å². The number of aromatic carboxylic acids is 1. The van der Waals surface area contributed by atoms with Gasteiger partial charge in [-0.2, -0.15) is 0 Å². The summed E-state index contributed by atoms with van der Waals surface area (Å²) in [7, 11) is 0. The van der Waals surface area contributed by atoms with Crippen LogP contribution in [0.1, 0.15) is 53.9 Å². The number of piperidine rings is 1. The zero-order valence-corrected chi connectivity index (χ0v) is 23.3. The zero-order valence-electron chi connectivity index (χ0n) is 22.5. The minimum atomic E-state index is -1.24. The predicted molar refractivity (Wildman–Crippen MR) is 145 cm³/mol. The van der Waals surface area contributed by atoms with Crippen LogP contribution in [0.25, 0.3) is 11.3 Å². The van der Waals surface area contributed by atoms with E-state index in [2.05, 4.69) is 9.88 Å². The maximum atomic E-state index is 14.7. The molecule has 0 unspecified atom stereocenters. The van der Waals surface area contributed by atoms with Gasteiger partial charge >= 0.3 is 12.1 Å². The lowest BCUT2D eigenvalue weighted by Gasteiger charge is -2.37. The first-order chi connectivity index (χ1) is 18.8. The number of carbonyl (C=O) groups is 2. The molecule has 40 heavy (non-hydrogen) atoms. The van der Waals surface area contributed by atoms with Crippen molar-refractivity contribution in [1.29, 1.82) is 0 Å². The lowest BCUT2D eigenvalue weighted by molar-refractivity contribution is 0.00129. The van der Waals surface area contributed by atoms with Crippen LogP contribution < -0.4 is 4.90 Å². The van der Waals surface area contributed by atoms with Crippen LogP contribution in [0, 0.1) is 17.5 Å². The van der Waals surface area contributed by atoms with Gasteiger partial charge in [0.2, 0.25) is 0 Å². The van der Waals surface area contributed by atoms with Crippen LogP contribution in [0.4, 0.5) is 23.7 Å². The third kappa shape index (κ3) is 5.57. The number of rotatable bonds is 6. The van der Waals surface area contributed by atoms with Gasteiger partial charge in [-0.05, 0) is 36.8 Å². The molecule has 5 rings (SSSR count). The number of carbonyl (C=O) groups excluding carboxylic acids is 1. The lowest BCUT2D eigenvalue weighted by atomic mass is 9.91. The smallest absolute Gasteiger partial charge is 0.415 e.